The molecule has 33 heavy (non-hydrogen) atoms. The maximum Gasteiger partial charge on any atom is 0.253 e. The van der Waals surface area contributed by atoms with Crippen molar-refractivity contribution in [3.63, 3.8) is 0 Å². The van der Waals surface area contributed by atoms with Crippen molar-refractivity contribution in [2.45, 2.75) is 56.6 Å². The monoisotopic (exact) mass is 494 g/mol. The molecule has 3 rings (SSSR count). The molecular formula is C24H28Cl2N2O5. The maximum atomic E-state index is 13.6. The second kappa shape index (κ2) is 11.3. The van der Waals surface area contributed by atoms with Crippen LogP contribution in [0.5, 0.6) is 0 Å². The summed E-state index contributed by atoms with van der Waals surface area (Å²) in [7, 11) is 0. The molecule has 0 aromatic heterocycles. The van der Waals surface area contributed by atoms with E-state index in [-0.39, 0.29) is 6.42 Å². The normalized spacial score (nSPS) is 22.8. The van der Waals surface area contributed by atoms with E-state index in [9.17, 15) is 19.8 Å². The number of primary amides is 1. The quantitative estimate of drug-likeness (QED) is 0.494. The van der Waals surface area contributed by atoms with E-state index in [1.165, 1.54) is 4.90 Å². The first kappa shape index (κ1) is 25.5. The summed E-state index contributed by atoms with van der Waals surface area (Å²) in [4.78, 5) is 27.6. The zero-order valence-corrected chi connectivity index (χ0v) is 19.7. The second-order valence-electron chi connectivity index (χ2n) is 8.12. The van der Waals surface area contributed by atoms with Crippen LogP contribution >= 0.6 is 23.2 Å². The van der Waals surface area contributed by atoms with Gasteiger partial charge in [-0.25, -0.2) is 0 Å². The number of amides is 2. The molecule has 0 radical (unpaired) electrons. The first-order valence-corrected chi connectivity index (χ1v) is 11.6. The molecule has 178 valence electrons. The van der Waals surface area contributed by atoms with Gasteiger partial charge in [0.25, 0.3) is 5.91 Å². The summed E-state index contributed by atoms with van der Waals surface area (Å²) < 4.78 is 6.24. The van der Waals surface area contributed by atoms with E-state index in [0.717, 1.165) is 0 Å². The Kier molecular flexibility index (Phi) is 8.73. The molecule has 4 N–H and O–H groups in total. The van der Waals surface area contributed by atoms with E-state index < -0.39 is 48.8 Å². The van der Waals surface area contributed by atoms with Crippen LogP contribution in [0.1, 0.15) is 49.5 Å². The van der Waals surface area contributed by atoms with E-state index >= 15 is 0 Å². The number of nitrogens with zero attached hydrogens (tertiary/aromatic N) is 1. The number of aliphatic hydroxyl groups excluding tert-OH is 2. The van der Waals surface area contributed by atoms with Crippen molar-refractivity contribution in [3.8, 4) is 0 Å². The number of hydrogen-bond acceptors (Lipinski definition) is 5. The zero-order chi connectivity index (χ0) is 24.1. The number of rotatable bonds is 9. The van der Waals surface area contributed by atoms with Gasteiger partial charge < -0.3 is 25.6 Å². The van der Waals surface area contributed by atoms with Gasteiger partial charge in [-0.15, -0.1) is 0 Å². The SMILES string of the molecule is CCC[C@H](C(N)=O)N1C(=O)[C@@H](C[C@@H](O)CO)O[C@H](c2cccc(Cl)c2)[C@@H]1c1ccc(Cl)cc1. The van der Waals surface area contributed by atoms with Gasteiger partial charge in [-0.1, -0.05) is 60.8 Å². The van der Waals surface area contributed by atoms with Gasteiger partial charge in [0.1, 0.15) is 18.2 Å². The largest absolute Gasteiger partial charge is 0.394 e. The molecule has 1 heterocycles. The number of halogens is 2. The van der Waals surface area contributed by atoms with Gasteiger partial charge in [-0.3, -0.25) is 9.59 Å². The Labute approximate surface area is 203 Å². The van der Waals surface area contributed by atoms with Gasteiger partial charge in [0.2, 0.25) is 5.91 Å². The topological polar surface area (TPSA) is 113 Å². The fourth-order valence-electron chi connectivity index (χ4n) is 4.22. The molecule has 2 aromatic rings. The Morgan fingerprint density at radius 2 is 1.85 bits per heavy atom. The molecule has 0 unspecified atom stereocenters. The van der Waals surface area contributed by atoms with Crippen molar-refractivity contribution in [2.24, 2.45) is 5.73 Å². The van der Waals surface area contributed by atoms with Crippen LogP contribution in [-0.4, -0.2) is 51.8 Å². The lowest BCUT2D eigenvalue weighted by molar-refractivity contribution is -0.185. The Morgan fingerprint density at radius 1 is 1.15 bits per heavy atom. The van der Waals surface area contributed by atoms with Gasteiger partial charge in [-0.05, 0) is 41.8 Å². The van der Waals surface area contributed by atoms with Gasteiger partial charge >= 0.3 is 0 Å². The molecule has 7 nitrogen and oxygen atoms in total. The van der Waals surface area contributed by atoms with Crippen molar-refractivity contribution in [2.75, 3.05) is 6.61 Å². The minimum atomic E-state index is -1.16. The molecule has 9 heteroatoms. The number of aliphatic hydroxyl groups is 2. The Hall–Kier alpha value is -2.16. The summed E-state index contributed by atoms with van der Waals surface area (Å²) in [6.07, 6.45) is -2.10. The molecule has 1 aliphatic rings. The van der Waals surface area contributed by atoms with E-state index in [1.54, 1.807) is 42.5 Å². The van der Waals surface area contributed by atoms with E-state index in [4.69, 9.17) is 33.7 Å². The number of morpholine rings is 1. The summed E-state index contributed by atoms with van der Waals surface area (Å²) in [6, 6.07) is 12.4. The lowest BCUT2D eigenvalue weighted by Gasteiger charge is -2.47. The highest BCUT2D eigenvalue weighted by Crippen LogP contribution is 2.44. The Morgan fingerprint density at radius 3 is 2.42 bits per heavy atom. The predicted molar refractivity (Wildman–Crippen MR) is 126 cm³/mol. The predicted octanol–water partition coefficient (Wildman–Crippen LogP) is 3.40. The first-order valence-electron chi connectivity index (χ1n) is 10.8. The number of ether oxygens (including phenoxy) is 1. The van der Waals surface area contributed by atoms with E-state index in [0.29, 0.717) is 34.0 Å². The first-order chi connectivity index (χ1) is 15.8. The molecule has 1 aliphatic heterocycles. The third kappa shape index (κ3) is 5.86. The van der Waals surface area contributed by atoms with Gasteiger partial charge in [-0.2, -0.15) is 0 Å². The van der Waals surface area contributed by atoms with Crippen molar-refractivity contribution < 1.29 is 24.5 Å². The van der Waals surface area contributed by atoms with Crippen molar-refractivity contribution in [1.29, 1.82) is 0 Å². The van der Waals surface area contributed by atoms with E-state index in [1.807, 2.05) is 13.0 Å². The van der Waals surface area contributed by atoms with Gasteiger partial charge in [0.05, 0.1) is 18.8 Å². The Bertz CT molecular complexity index is 972. The molecule has 1 fully saturated rings. The average Bonchev–Trinajstić information content (AvgIpc) is 2.79. The number of hydrogen-bond donors (Lipinski definition) is 3. The highest BCUT2D eigenvalue weighted by molar-refractivity contribution is 6.30. The van der Waals surface area contributed by atoms with Crippen LogP contribution in [0.15, 0.2) is 48.5 Å². The van der Waals surface area contributed by atoms with Crippen LogP contribution in [0.25, 0.3) is 0 Å². The highest BCUT2D eigenvalue weighted by atomic mass is 35.5. The minimum absolute atomic E-state index is 0.131. The number of carbonyl (C=O) groups excluding carboxylic acids is 2. The summed E-state index contributed by atoms with van der Waals surface area (Å²) in [5.41, 5.74) is 7.16. The fraction of sp³-hybridized carbons (Fsp3) is 0.417. The summed E-state index contributed by atoms with van der Waals surface area (Å²) in [5.74, 6) is -1.10. The van der Waals surface area contributed by atoms with Gasteiger partial charge in [0.15, 0.2) is 0 Å². The van der Waals surface area contributed by atoms with E-state index in [2.05, 4.69) is 0 Å². The second-order valence-corrected chi connectivity index (χ2v) is 8.99. The van der Waals surface area contributed by atoms with Crippen LogP contribution in [0, 0.1) is 0 Å². The highest BCUT2D eigenvalue weighted by Gasteiger charge is 2.48. The minimum Gasteiger partial charge on any atom is -0.394 e. The molecule has 0 aliphatic carbocycles. The fourth-order valence-corrected chi connectivity index (χ4v) is 4.54. The third-order valence-electron chi connectivity index (χ3n) is 5.74. The smallest absolute Gasteiger partial charge is 0.253 e. The standard InChI is InChI=1S/C24H28Cl2N2O5/c1-2-4-19(23(27)31)28-21(14-7-9-16(25)10-8-14)22(15-5-3-6-17(26)11-15)33-20(24(28)32)12-18(30)13-29/h3,5-11,18-22,29-30H,2,4,12-13H2,1H3,(H2,27,31)/t18-,19-,20-,21+,22-/m1/s1. The van der Waals surface area contributed by atoms with Crippen LogP contribution in [0.4, 0.5) is 0 Å². The Balaban J connectivity index is 2.18. The summed E-state index contributed by atoms with van der Waals surface area (Å²) in [6.45, 7) is 1.38. The van der Waals surface area contributed by atoms with Crippen molar-refractivity contribution in [3.05, 3.63) is 69.7 Å². The van der Waals surface area contributed by atoms with Crippen molar-refractivity contribution >= 4 is 35.0 Å². The molecule has 1 saturated heterocycles. The number of nitrogens with two attached hydrogens (primary N) is 1. The van der Waals surface area contributed by atoms with Crippen molar-refractivity contribution in [1.82, 2.24) is 4.90 Å². The van der Waals surface area contributed by atoms with Crippen LogP contribution in [0.2, 0.25) is 10.0 Å². The average molecular weight is 495 g/mol. The lowest BCUT2D eigenvalue weighted by atomic mass is 9.88. The third-order valence-corrected chi connectivity index (χ3v) is 6.23. The molecular weight excluding hydrogens is 467 g/mol. The summed E-state index contributed by atoms with van der Waals surface area (Å²) >= 11 is 12.3. The summed E-state index contributed by atoms with van der Waals surface area (Å²) in [5, 5.41) is 20.4. The molecule has 0 saturated carbocycles. The van der Waals surface area contributed by atoms with Crippen LogP contribution in [0.3, 0.4) is 0 Å². The van der Waals surface area contributed by atoms with Crippen LogP contribution in [-0.2, 0) is 14.3 Å². The maximum absolute atomic E-state index is 13.6. The van der Waals surface area contributed by atoms with Crippen LogP contribution < -0.4 is 5.73 Å². The molecule has 0 spiro atoms. The molecule has 5 atom stereocenters. The zero-order valence-electron chi connectivity index (χ0n) is 18.2. The lowest BCUT2D eigenvalue weighted by Crippen LogP contribution is -2.58. The van der Waals surface area contributed by atoms with Gasteiger partial charge in [0, 0.05) is 16.5 Å². The molecule has 0 bridgehead atoms. The number of carbonyl (C=O) groups is 2. The molecule has 2 amide bonds. The molecule has 2 aromatic carbocycles. The number of benzene rings is 2.